The van der Waals surface area contributed by atoms with Gasteiger partial charge in [-0.1, -0.05) is 13.8 Å². The number of halogens is 1. The molecule has 0 heterocycles. The van der Waals surface area contributed by atoms with Crippen molar-refractivity contribution in [1.29, 1.82) is 0 Å². The number of nitrogens with two attached hydrogens (primary N) is 1. The monoisotopic (exact) mass is 400 g/mol. The van der Waals surface area contributed by atoms with Gasteiger partial charge in [0.1, 0.15) is 0 Å². The molecule has 0 spiro atoms. The number of rotatable bonds is 8. The van der Waals surface area contributed by atoms with Crippen LogP contribution in [0, 0.1) is 17.8 Å². The summed E-state index contributed by atoms with van der Waals surface area (Å²) in [6.07, 6.45) is 9.41. The normalized spacial score (nSPS) is 31.1. The summed E-state index contributed by atoms with van der Waals surface area (Å²) < 4.78 is 0. The summed E-state index contributed by atoms with van der Waals surface area (Å²) in [5, 5.41) is 9.21. The van der Waals surface area contributed by atoms with Crippen molar-refractivity contribution in [1.82, 2.24) is 16.0 Å². The van der Waals surface area contributed by atoms with Crippen LogP contribution in [0.25, 0.3) is 0 Å². The van der Waals surface area contributed by atoms with Crippen LogP contribution in [0.3, 0.4) is 0 Å². The van der Waals surface area contributed by atoms with Crippen molar-refractivity contribution in [3.05, 3.63) is 0 Å². The Bertz CT molecular complexity index is 493. The molecule has 0 aromatic heterocycles. The Morgan fingerprint density at radius 2 is 1.56 bits per heavy atom. The number of carbonyl (C=O) groups is 2. The highest BCUT2D eigenvalue weighted by Gasteiger charge is 2.51. The van der Waals surface area contributed by atoms with E-state index >= 15 is 0 Å². The minimum Gasteiger partial charge on any atom is -0.349 e. The molecule has 4 aliphatic carbocycles. The molecule has 0 aromatic rings. The molecule has 7 heteroatoms. The van der Waals surface area contributed by atoms with Gasteiger partial charge in [0.25, 0.3) is 0 Å². The third-order valence-corrected chi connectivity index (χ3v) is 7.20. The Morgan fingerprint density at radius 3 is 2.00 bits per heavy atom. The van der Waals surface area contributed by atoms with Crippen molar-refractivity contribution >= 4 is 24.3 Å². The zero-order chi connectivity index (χ0) is 18.8. The van der Waals surface area contributed by atoms with E-state index in [-0.39, 0.29) is 41.8 Å². The SMILES string of the molecule is CCC(CC)(CN)NC(=O)CCNC(=O)NC12CC3CC(CC(C3)C1)C2.Cl. The zero-order valence-corrected chi connectivity index (χ0v) is 17.6. The predicted molar refractivity (Wildman–Crippen MR) is 110 cm³/mol. The Kier molecular flexibility index (Phi) is 7.42. The van der Waals surface area contributed by atoms with Gasteiger partial charge in [0.05, 0.1) is 5.54 Å². The van der Waals surface area contributed by atoms with E-state index in [1.165, 1.54) is 19.3 Å². The summed E-state index contributed by atoms with van der Waals surface area (Å²) in [5.41, 5.74) is 5.52. The fraction of sp³-hybridized carbons (Fsp3) is 0.900. The summed E-state index contributed by atoms with van der Waals surface area (Å²) in [6.45, 7) is 4.87. The number of hydrogen-bond acceptors (Lipinski definition) is 3. The van der Waals surface area contributed by atoms with E-state index in [1.54, 1.807) is 0 Å². The third-order valence-electron chi connectivity index (χ3n) is 7.20. The molecule has 0 saturated heterocycles. The smallest absolute Gasteiger partial charge is 0.315 e. The number of amides is 3. The van der Waals surface area contributed by atoms with Gasteiger partial charge in [0.15, 0.2) is 0 Å². The minimum atomic E-state index is -0.321. The predicted octanol–water partition coefficient (Wildman–Crippen LogP) is 2.70. The average Bonchev–Trinajstić information content (AvgIpc) is 2.58. The van der Waals surface area contributed by atoms with Crippen LogP contribution in [-0.4, -0.2) is 36.1 Å². The van der Waals surface area contributed by atoms with Gasteiger partial charge in [0, 0.05) is 25.0 Å². The van der Waals surface area contributed by atoms with E-state index < -0.39 is 0 Å². The Morgan fingerprint density at radius 1 is 1.04 bits per heavy atom. The molecule has 0 unspecified atom stereocenters. The maximum absolute atomic E-state index is 12.4. The lowest BCUT2D eigenvalue weighted by atomic mass is 9.53. The summed E-state index contributed by atoms with van der Waals surface area (Å²) >= 11 is 0. The molecule has 0 atom stereocenters. The van der Waals surface area contributed by atoms with Gasteiger partial charge >= 0.3 is 6.03 Å². The number of carbonyl (C=O) groups excluding carboxylic acids is 2. The molecule has 4 bridgehead atoms. The molecule has 4 saturated carbocycles. The molecule has 4 aliphatic rings. The van der Waals surface area contributed by atoms with Gasteiger partial charge in [-0.2, -0.15) is 0 Å². The molecular formula is C20H37ClN4O2. The van der Waals surface area contributed by atoms with Crippen molar-refractivity contribution in [2.24, 2.45) is 23.5 Å². The van der Waals surface area contributed by atoms with Crippen LogP contribution >= 0.6 is 12.4 Å². The van der Waals surface area contributed by atoms with Crippen LogP contribution in [0.15, 0.2) is 0 Å². The first kappa shape index (κ1) is 22.3. The van der Waals surface area contributed by atoms with Crippen molar-refractivity contribution in [3.63, 3.8) is 0 Å². The largest absolute Gasteiger partial charge is 0.349 e. The number of urea groups is 1. The summed E-state index contributed by atoms with van der Waals surface area (Å²) in [6, 6.07) is -0.115. The summed E-state index contributed by atoms with van der Waals surface area (Å²) in [4.78, 5) is 24.6. The molecule has 6 nitrogen and oxygen atoms in total. The van der Waals surface area contributed by atoms with Crippen LogP contribution in [0.1, 0.15) is 71.6 Å². The van der Waals surface area contributed by atoms with Gasteiger partial charge in [-0.3, -0.25) is 4.79 Å². The van der Waals surface area contributed by atoms with E-state index in [1.807, 2.05) is 13.8 Å². The molecule has 4 fully saturated rings. The first-order chi connectivity index (χ1) is 12.4. The van der Waals surface area contributed by atoms with Gasteiger partial charge in [-0.15, -0.1) is 12.4 Å². The highest BCUT2D eigenvalue weighted by Crippen LogP contribution is 2.55. The van der Waals surface area contributed by atoms with Crippen LogP contribution in [0.4, 0.5) is 4.79 Å². The molecule has 3 amide bonds. The van der Waals surface area contributed by atoms with Crippen LogP contribution in [-0.2, 0) is 4.79 Å². The van der Waals surface area contributed by atoms with E-state index in [4.69, 9.17) is 5.73 Å². The van der Waals surface area contributed by atoms with Crippen molar-refractivity contribution < 1.29 is 9.59 Å². The maximum Gasteiger partial charge on any atom is 0.315 e. The fourth-order valence-corrected chi connectivity index (χ4v) is 5.96. The van der Waals surface area contributed by atoms with E-state index in [2.05, 4.69) is 16.0 Å². The quantitative estimate of drug-likeness (QED) is 0.504. The topological polar surface area (TPSA) is 96.2 Å². The van der Waals surface area contributed by atoms with Crippen molar-refractivity contribution in [2.75, 3.05) is 13.1 Å². The second-order valence-electron chi connectivity index (χ2n) is 9.07. The standard InChI is InChI=1S/C20H36N4O2.ClH/c1-3-19(4-2,13-21)23-17(25)5-6-22-18(26)24-20-10-14-7-15(11-20)9-16(8-14)12-20;/h14-16H,3-13,21H2,1-2H3,(H,23,25)(H2,22,24,26);1H. The number of hydrogen-bond donors (Lipinski definition) is 4. The molecule has 5 N–H and O–H groups in total. The third kappa shape index (κ3) is 5.08. The Balaban J connectivity index is 0.00000261. The summed E-state index contributed by atoms with van der Waals surface area (Å²) in [7, 11) is 0. The summed E-state index contributed by atoms with van der Waals surface area (Å²) in [5.74, 6) is 2.37. The maximum atomic E-state index is 12.4. The highest BCUT2D eigenvalue weighted by molar-refractivity contribution is 5.85. The molecule has 27 heavy (non-hydrogen) atoms. The molecule has 0 aromatic carbocycles. The molecule has 4 rings (SSSR count). The van der Waals surface area contributed by atoms with Crippen molar-refractivity contribution in [2.45, 2.75) is 82.7 Å². The zero-order valence-electron chi connectivity index (χ0n) is 16.8. The van der Waals surface area contributed by atoms with Gasteiger partial charge in [0.2, 0.25) is 5.91 Å². The second-order valence-corrected chi connectivity index (χ2v) is 9.07. The van der Waals surface area contributed by atoms with Crippen molar-refractivity contribution in [3.8, 4) is 0 Å². The van der Waals surface area contributed by atoms with E-state index in [0.717, 1.165) is 49.9 Å². The van der Waals surface area contributed by atoms with Crippen LogP contribution in [0.2, 0.25) is 0 Å². The molecule has 0 radical (unpaired) electrons. The van der Waals surface area contributed by atoms with E-state index in [0.29, 0.717) is 13.1 Å². The first-order valence-electron chi connectivity index (χ1n) is 10.5. The lowest BCUT2D eigenvalue weighted by Crippen LogP contribution is -2.61. The lowest BCUT2D eigenvalue weighted by Gasteiger charge is -2.56. The lowest BCUT2D eigenvalue weighted by molar-refractivity contribution is -0.122. The second kappa shape index (κ2) is 8.99. The Hall–Kier alpha value is -1.01. The minimum absolute atomic E-state index is 0. The van der Waals surface area contributed by atoms with Gasteiger partial charge in [-0.25, -0.2) is 4.79 Å². The molecule has 156 valence electrons. The van der Waals surface area contributed by atoms with Crippen LogP contribution in [0.5, 0.6) is 0 Å². The van der Waals surface area contributed by atoms with E-state index in [9.17, 15) is 9.59 Å². The highest BCUT2D eigenvalue weighted by atomic mass is 35.5. The van der Waals surface area contributed by atoms with Gasteiger partial charge < -0.3 is 21.7 Å². The molecule has 0 aliphatic heterocycles. The number of nitrogens with one attached hydrogen (secondary N) is 3. The van der Waals surface area contributed by atoms with Crippen LogP contribution < -0.4 is 21.7 Å². The fourth-order valence-electron chi connectivity index (χ4n) is 5.96. The average molecular weight is 401 g/mol. The molecular weight excluding hydrogens is 364 g/mol. The van der Waals surface area contributed by atoms with Gasteiger partial charge in [-0.05, 0) is 69.1 Å². The Labute approximate surface area is 169 Å². The first-order valence-corrected chi connectivity index (χ1v) is 10.5.